The molecule has 4 nitrogen and oxygen atoms in total. The Kier molecular flexibility index (Phi) is 5.23. The zero-order chi connectivity index (χ0) is 12.7. The molecule has 1 rings (SSSR count). The molecule has 0 amide bonds. The summed E-state index contributed by atoms with van der Waals surface area (Å²) in [5.74, 6) is 0.571. The molecule has 0 atom stereocenters. The standard InChI is InChI=1S/C13H18N2O2/c1-5-7-8-13(6-2)17-16-10-12-9-11(3)14-15(12)4/h5-9H,2,10H2,1,3-4H3/b7-5-,13-8+. The number of allylic oxidation sites excluding steroid dienone is 4. The lowest BCUT2D eigenvalue weighted by Gasteiger charge is -2.05. The van der Waals surface area contributed by atoms with E-state index in [1.165, 1.54) is 0 Å². The molecule has 0 aliphatic carbocycles. The summed E-state index contributed by atoms with van der Waals surface area (Å²) in [5, 5.41) is 4.21. The zero-order valence-corrected chi connectivity index (χ0v) is 10.5. The number of hydrogen-bond donors (Lipinski definition) is 0. The van der Waals surface area contributed by atoms with Crippen molar-refractivity contribution in [3.05, 3.63) is 54.1 Å². The normalized spacial score (nSPS) is 12.1. The van der Waals surface area contributed by atoms with E-state index in [0.29, 0.717) is 12.4 Å². The van der Waals surface area contributed by atoms with Crippen LogP contribution in [0.5, 0.6) is 0 Å². The summed E-state index contributed by atoms with van der Waals surface area (Å²) in [6.45, 7) is 7.85. The Morgan fingerprint density at radius 1 is 1.59 bits per heavy atom. The third kappa shape index (κ3) is 4.28. The van der Waals surface area contributed by atoms with Gasteiger partial charge in [0.15, 0.2) is 5.76 Å². The van der Waals surface area contributed by atoms with E-state index in [1.54, 1.807) is 16.8 Å². The molecule has 0 N–H and O–H groups in total. The van der Waals surface area contributed by atoms with Crippen molar-refractivity contribution >= 4 is 0 Å². The molecule has 92 valence electrons. The second-order valence-corrected chi connectivity index (χ2v) is 3.55. The molecular weight excluding hydrogens is 216 g/mol. The highest BCUT2D eigenvalue weighted by molar-refractivity contribution is 5.15. The maximum atomic E-state index is 5.13. The molecule has 0 saturated heterocycles. The Bertz CT molecular complexity index is 431. The van der Waals surface area contributed by atoms with Gasteiger partial charge in [-0.15, -0.1) is 0 Å². The van der Waals surface area contributed by atoms with Crippen molar-refractivity contribution in [2.75, 3.05) is 0 Å². The Labute approximate surface area is 102 Å². The molecule has 0 spiro atoms. The highest BCUT2D eigenvalue weighted by Gasteiger charge is 2.02. The third-order valence-electron chi connectivity index (χ3n) is 2.11. The van der Waals surface area contributed by atoms with E-state index >= 15 is 0 Å². The Balaban J connectivity index is 2.46. The van der Waals surface area contributed by atoms with E-state index in [9.17, 15) is 0 Å². The van der Waals surface area contributed by atoms with Gasteiger partial charge in [0.1, 0.15) is 6.61 Å². The highest BCUT2D eigenvalue weighted by atomic mass is 17.2. The van der Waals surface area contributed by atoms with Crippen LogP contribution in [0, 0.1) is 6.92 Å². The Hall–Kier alpha value is -1.81. The van der Waals surface area contributed by atoms with Gasteiger partial charge >= 0.3 is 0 Å². The van der Waals surface area contributed by atoms with Gasteiger partial charge < -0.3 is 4.89 Å². The Morgan fingerprint density at radius 3 is 2.88 bits per heavy atom. The molecule has 0 unspecified atom stereocenters. The molecule has 0 fully saturated rings. The van der Waals surface area contributed by atoms with Crippen LogP contribution in [-0.4, -0.2) is 9.78 Å². The zero-order valence-electron chi connectivity index (χ0n) is 10.5. The average Bonchev–Trinajstić information content (AvgIpc) is 2.62. The van der Waals surface area contributed by atoms with Crippen LogP contribution in [0.15, 0.2) is 42.7 Å². The largest absolute Gasteiger partial charge is 0.337 e. The molecule has 0 bridgehead atoms. The third-order valence-corrected chi connectivity index (χ3v) is 2.11. The lowest BCUT2D eigenvalue weighted by atomic mass is 10.4. The van der Waals surface area contributed by atoms with Gasteiger partial charge in [-0.2, -0.15) is 9.99 Å². The SMILES string of the molecule is C=C/C(=C\C=C/C)OOCc1cc(C)nn1C. The smallest absolute Gasteiger partial charge is 0.164 e. The van der Waals surface area contributed by atoms with Crippen LogP contribution in [0.25, 0.3) is 0 Å². The molecule has 17 heavy (non-hydrogen) atoms. The van der Waals surface area contributed by atoms with Crippen LogP contribution in [0.1, 0.15) is 18.3 Å². The molecule has 0 aromatic carbocycles. The first kappa shape index (κ1) is 13.3. The molecule has 0 aliphatic heterocycles. The van der Waals surface area contributed by atoms with Gasteiger partial charge in [0.25, 0.3) is 0 Å². The van der Waals surface area contributed by atoms with Gasteiger partial charge in [0.2, 0.25) is 0 Å². The van der Waals surface area contributed by atoms with Crippen LogP contribution in [0.2, 0.25) is 0 Å². The van der Waals surface area contributed by atoms with Crippen molar-refractivity contribution in [3.63, 3.8) is 0 Å². The Morgan fingerprint density at radius 2 is 2.35 bits per heavy atom. The van der Waals surface area contributed by atoms with Crippen molar-refractivity contribution in [2.45, 2.75) is 20.5 Å². The number of rotatable bonds is 6. The molecule has 1 heterocycles. The second kappa shape index (κ2) is 6.70. The molecule has 1 aromatic rings. The maximum absolute atomic E-state index is 5.13. The van der Waals surface area contributed by atoms with Crippen LogP contribution < -0.4 is 0 Å². The van der Waals surface area contributed by atoms with Gasteiger partial charge in [-0.05, 0) is 32.1 Å². The molecule has 1 aromatic heterocycles. The van der Waals surface area contributed by atoms with Gasteiger partial charge in [-0.3, -0.25) is 4.68 Å². The van der Waals surface area contributed by atoms with Crippen molar-refractivity contribution in [2.24, 2.45) is 7.05 Å². The van der Waals surface area contributed by atoms with E-state index in [1.807, 2.05) is 39.1 Å². The minimum Gasteiger partial charge on any atom is -0.337 e. The summed E-state index contributed by atoms with van der Waals surface area (Å²) >= 11 is 0. The quantitative estimate of drug-likeness (QED) is 0.328. The van der Waals surface area contributed by atoms with Crippen molar-refractivity contribution in [1.29, 1.82) is 0 Å². The fourth-order valence-electron chi connectivity index (χ4n) is 1.28. The molecule has 0 radical (unpaired) electrons. The number of aromatic nitrogens is 2. The second-order valence-electron chi connectivity index (χ2n) is 3.55. The van der Waals surface area contributed by atoms with Crippen molar-refractivity contribution in [1.82, 2.24) is 9.78 Å². The summed E-state index contributed by atoms with van der Waals surface area (Å²) in [6, 6.07) is 1.95. The van der Waals surface area contributed by atoms with Gasteiger partial charge in [0.05, 0.1) is 11.4 Å². The van der Waals surface area contributed by atoms with E-state index in [4.69, 9.17) is 9.78 Å². The van der Waals surface area contributed by atoms with E-state index in [-0.39, 0.29) is 0 Å². The molecule has 0 aliphatic rings. The first-order valence-electron chi connectivity index (χ1n) is 5.41. The van der Waals surface area contributed by atoms with Gasteiger partial charge in [-0.25, -0.2) is 0 Å². The van der Waals surface area contributed by atoms with E-state index in [0.717, 1.165) is 11.4 Å². The summed E-state index contributed by atoms with van der Waals surface area (Å²) in [6.07, 6.45) is 7.13. The van der Waals surface area contributed by atoms with Crippen LogP contribution in [-0.2, 0) is 23.4 Å². The predicted molar refractivity (Wildman–Crippen MR) is 66.9 cm³/mol. The van der Waals surface area contributed by atoms with Crippen molar-refractivity contribution in [3.8, 4) is 0 Å². The molecular formula is C13H18N2O2. The van der Waals surface area contributed by atoms with E-state index < -0.39 is 0 Å². The number of hydrogen-bond acceptors (Lipinski definition) is 3. The topological polar surface area (TPSA) is 36.3 Å². The van der Waals surface area contributed by atoms with Crippen molar-refractivity contribution < 1.29 is 9.78 Å². The minimum absolute atomic E-state index is 0.346. The minimum atomic E-state index is 0.346. The van der Waals surface area contributed by atoms with Crippen LogP contribution >= 0.6 is 0 Å². The summed E-state index contributed by atoms with van der Waals surface area (Å²) < 4.78 is 1.77. The molecule has 4 heteroatoms. The summed E-state index contributed by atoms with van der Waals surface area (Å²) in [4.78, 5) is 10.2. The van der Waals surface area contributed by atoms with Crippen LogP contribution in [0.3, 0.4) is 0 Å². The monoisotopic (exact) mass is 234 g/mol. The summed E-state index contributed by atoms with van der Waals surface area (Å²) in [5.41, 5.74) is 1.91. The van der Waals surface area contributed by atoms with Gasteiger partial charge in [-0.1, -0.05) is 18.7 Å². The lowest BCUT2D eigenvalue weighted by Crippen LogP contribution is -2.01. The fourth-order valence-corrected chi connectivity index (χ4v) is 1.28. The van der Waals surface area contributed by atoms with Gasteiger partial charge in [0, 0.05) is 7.05 Å². The van der Waals surface area contributed by atoms with E-state index in [2.05, 4.69) is 11.7 Å². The number of aryl methyl sites for hydroxylation is 2. The first-order valence-corrected chi connectivity index (χ1v) is 5.41. The number of nitrogens with zero attached hydrogens (tertiary/aromatic N) is 2. The highest BCUT2D eigenvalue weighted by Crippen LogP contribution is 2.06. The first-order chi connectivity index (χ1) is 8.17. The molecule has 0 saturated carbocycles. The predicted octanol–water partition coefficient (Wildman–Crippen LogP) is 2.82. The average molecular weight is 234 g/mol. The lowest BCUT2D eigenvalue weighted by molar-refractivity contribution is -0.269. The fraction of sp³-hybridized carbons (Fsp3) is 0.308. The van der Waals surface area contributed by atoms with Crippen LogP contribution in [0.4, 0.5) is 0 Å². The maximum Gasteiger partial charge on any atom is 0.164 e. The summed E-state index contributed by atoms with van der Waals surface area (Å²) in [7, 11) is 1.87.